The summed E-state index contributed by atoms with van der Waals surface area (Å²) in [6, 6.07) is 8.08. The summed E-state index contributed by atoms with van der Waals surface area (Å²) < 4.78 is 75.5. The highest BCUT2D eigenvalue weighted by Gasteiger charge is 2.39. The molecule has 2 aliphatic rings. The van der Waals surface area contributed by atoms with Gasteiger partial charge in [0.1, 0.15) is 5.82 Å². The van der Waals surface area contributed by atoms with Gasteiger partial charge < -0.3 is 4.74 Å². The summed E-state index contributed by atoms with van der Waals surface area (Å²) in [5, 5.41) is 0. The predicted molar refractivity (Wildman–Crippen MR) is 131 cm³/mol. The molecule has 0 amide bonds. The molecule has 1 nitrogen and oxygen atoms in total. The van der Waals surface area contributed by atoms with Crippen LogP contribution < -0.4 is 0 Å². The predicted octanol–water partition coefficient (Wildman–Crippen LogP) is 9.21. The average molecular weight is 507 g/mol. The second kappa shape index (κ2) is 11.9. The third kappa shape index (κ3) is 6.76. The zero-order valence-corrected chi connectivity index (χ0v) is 20.8. The van der Waals surface area contributed by atoms with E-state index < -0.39 is 35.2 Å². The van der Waals surface area contributed by atoms with Crippen molar-refractivity contribution in [1.82, 2.24) is 0 Å². The van der Waals surface area contributed by atoms with E-state index in [4.69, 9.17) is 4.74 Å². The highest BCUT2D eigenvalue weighted by molar-refractivity contribution is 5.27. The standard InChI is InChI=1S/C30H35F5O/c1-2-3-22-10-16-26(28(32)18-22)30(34,35)36-25-14-8-21(9-15-25)5-4-20-6-11-23(12-7-20)24-13-17-27(31)29(33)19-24/h4-5,10,13,16-21,23,25H,2-3,6-9,11-12,14-15H2,1H3/b5-4+. The molecule has 0 unspecified atom stereocenters. The van der Waals surface area contributed by atoms with Gasteiger partial charge in [-0.05, 0) is 111 Å². The zero-order valence-electron chi connectivity index (χ0n) is 20.8. The molecule has 6 heteroatoms. The van der Waals surface area contributed by atoms with Crippen LogP contribution in [-0.2, 0) is 17.3 Å². The normalized spacial score (nSPS) is 25.4. The average Bonchev–Trinajstić information content (AvgIpc) is 2.85. The van der Waals surface area contributed by atoms with Crippen molar-refractivity contribution in [2.75, 3.05) is 0 Å². The van der Waals surface area contributed by atoms with Crippen molar-refractivity contribution in [2.45, 2.75) is 89.3 Å². The molecule has 0 bridgehead atoms. The van der Waals surface area contributed by atoms with E-state index in [-0.39, 0.29) is 5.92 Å². The summed E-state index contributed by atoms with van der Waals surface area (Å²) in [6.45, 7) is 1.96. The molecular formula is C30H35F5O. The Balaban J connectivity index is 1.22. The Kier molecular flexibility index (Phi) is 8.87. The van der Waals surface area contributed by atoms with Gasteiger partial charge >= 0.3 is 6.11 Å². The number of hydrogen-bond donors (Lipinski definition) is 0. The third-order valence-corrected chi connectivity index (χ3v) is 7.76. The fraction of sp³-hybridized carbons (Fsp3) is 0.533. The van der Waals surface area contributed by atoms with Crippen molar-refractivity contribution in [2.24, 2.45) is 11.8 Å². The van der Waals surface area contributed by atoms with Crippen molar-refractivity contribution in [3.05, 3.63) is 82.7 Å². The summed E-state index contributed by atoms with van der Waals surface area (Å²) in [7, 11) is 0. The molecule has 2 saturated carbocycles. The number of alkyl halides is 2. The lowest BCUT2D eigenvalue weighted by molar-refractivity contribution is -0.279. The first-order chi connectivity index (χ1) is 17.2. The zero-order chi connectivity index (χ0) is 25.7. The van der Waals surface area contributed by atoms with Crippen LogP contribution in [0.4, 0.5) is 22.0 Å². The molecule has 0 N–H and O–H groups in total. The first-order valence-electron chi connectivity index (χ1n) is 13.2. The monoisotopic (exact) mass is 506 g/mol. The van der Waals surface area contributed by atoms with Crippen molar-refractivity contribution in [3.8, 4) is 0 Å². The number of allylic oxidation sites excluding steroid dienone is 2. The van der Waals surface area contributed by atoms with Gasteiger partial charge in [0.25, 0.3) is 0 Å². The highest BCUT2D eigenvalue weighted by atomic mass is 19.3. The number of hydrogen-bond acceptors (Lipinski definition) is 1. The van der Waals surface area contributed by atoms with Gasteiger partial charge in [-0.1, -0.05) is 37.6 Å². The topological polar surface area (TPSA) is 9.23 Å². The smallest absolute Gasteiger partial charge is 0.313 e. The molecule has 0 aromatic heterocycles. The quantitative estimate of drug-likeness (QED) is 0.256. The largest absolute Gasteiger partial charge is 0.386 e. The molecular weight excluding hydrogens is 471 g/mol. The summed E-state index contributed by atoms with van der Waals surface area (Å²) in [4.78, 5) is 0. The van der Waals surface area contributed by atoms with Gasteiger partial charge in [0.2, 0.25) is 0 Å². The van der Waals surface area contributed by atoms with Gasteiger partial charge in [-0.15, -0.1) is 0 Å². The van der Waals surface area contributed by atoms with Crippen LogP contribution in [-0.4, -0.2) is 6.10 Å². The SMILES string of the molecule is CCCc1ccc(C(F)(F)OC2CCC(/C=C/C3CCC(c4ccc(F)c(F)c4)CC3)CC2)c(F)c1. The number of ether oxygens (including phenoxy) is 1. The van der Waals surface area contributed by atoms with E-state index >= 15 is 0 Å². The molecule has 36 heavy (non-hydrogen) atoms. The Morgan fingerprint density at radius 1 is 0.778 bits per heavy atom. The minimum absolute atomic E-state index is 0.256. The molecule has 2 fully saturated rings. The maximum atomic E-state index is 14.7. The molecule has 2 aromatic rings. The third-order valence-electron chi connectivity index (χ3n) is 7.76. The van der Waals surface area contributed by atoms with E-state index in [1.165, 1.54) is 18.2 Å². The van der Waals surface area contributed by atoms with E-state index in [1.54, 1.807) is 12.1 Å². The Hall–Kier alpha value is -2.21. The summed E-state index contributed by atoms with van der Waals surface area (Å²) in [5.74, 6) is -1.49. The van der Waals surface area contributed by atoms with Gasteiger partial charge in [0.05, 0.1) is 11.7 Å². The van der Waals surface area contributed by atoms with Crippen LogP contribution in [0.25, 0.3) is 0 Å². The fourth-order valence-corrected chi connectivity index (χ4v) is 5.64. The second-order valence-electron chi connectivity index (χ2n) is 10.4. The van der Waals surface area contributed by atoms with Gasteiger partial charge in [-0.3, -0.25) is 0 Å². The maximum Gasteiger partial charge on any atom is 0.386 e. The Labute approximate surface area is 210 Å². The molecule has 2 aliphatic carbocycles. The molecule has 0 aliphatic heterocycles. The highest BCUT2D eigenvalue weighted by Crippen LogP contribution is 2.39. The van der Waals surface area contributed by atoms with Crippen LogP contribution in [0.3, 0.4) is 0 Å². The van der Waals surface area contributed by atoms with Gasteiger partial charge in [0, 0.05) is 0 Å². The molecule has 2 aromatic carbocycles. The molecule has 0 saturated heterocycles. The lowest BCUT2D eigenvalue weighted by atomic mass is 9.78. The van der Waals surface area contributed by atoms with Crippen molar-refractivity contribution in [1.29, 1.82) is 0 Å². The molecule has 0 atom stereocenters. The molecule has 196 valence electrons. The molecule has 4 rings (SSSR count). The van der Waals surface area contributed by atoms with Crippen LogP contribution in [0.2, 0.25) is 0 Å². The lowest BCUT2D eigenvalue weighted by Crippen LogP contribution is -2.30. The lowest BCUT2D eigenvalue weighted by Gasteiger charge is -2.31. The van der Waals surface area contributed by atoms with E-state index in [1.807, 2.05) is 6.92 Å². The summed E-state index contributed by atoms with van der Waals surface area (Å²) in [5.41, 5.74) is 0.881. The Morgan fingerprint density at radius 2 is 1.42 bits per heavy atom. The van der Waals surface area contributed by atoms with E-state index in [0.717, 1.165) is 56.6 Å². The van der Waals surface area contributed by atoms with Crippen molar-refractivity contribution < 1.29 is 26.7 Å². The number of benzene rings is 2. The summed E-state index contributed by atoms with van der Waals surface area (Å²) in [6.07, 6.45) is 8.11. The van der Waals surface area contributed by atoms with Crippen LogP contribution in [0, 0.1) is 29.3 Å². The molecule has 0 heterocycles. The number of halogens is 5. The van der Waals surface area contributed by atoms with Crippen LogP contribution >= 0.6 is 0 Å². The van der Waals surface area contributed by atoms with Crippen LogP contribution in [0.15, 0.2) is 48.6 Å². The first-order valence-corrected chi connectivity index (χ1v) is 13.2. The van der Waals surface area contributed by atoms with E-state index in [0.29, 0.717) is 36.7 Å². The fourth-order valence-electron chi connectivity index (χ4n) is 5.64. The van der Waals surface area contributed by atoms with Crippen molar-refractivity contribution >= 4 is 0 Å². The van der Waals surface area contributed by atoms with Crippen molar-refractivity contribution in [3.63, 3.8) is 0 Å². The minimum atomic E-state index is -3.64. The number of aryl methyl sites for hydroxylation is 1. The van der Waals surface area contributed by atoms with Crippen LogP contribution in [0.5, 0.6) is 0 Å². The van der Waals surface area contributed by atoms with E-state index in [9.17, 15) is 22.0 Å². The van der Waals surface area contributed by atoms with Crippen LogP contribution in [0.1, 0.15) is 87.3 Å². The maximum absolute atomic E-state index is 14.7. The Bertz CT molecular complexity index is 1030. The first kappa shape index (κ1) is 26.8. The molecule has 0 spiro atoms. The van der Waals surface area contributed by atoms with Gasteiger partial charge in [-0.25, -0.2) is 13.2 Å². The van der Waals surface area contributed by atoms with E-state index in [2.05, 4.69) is 12.2 Å². The molecule has 0 radical (unpaired) electrons. The van der Waals surface area contributed by atoms with Gasteiger partial charge in [-0.2, -0.15) is 8.78 Å². The van der Waals surface area contributed by atoms with Gasteiger partial charge in [0.15, 0.2) is 11.6 Å². The number of rotatable bonds is 8. The summed E-state index contributed by atoms with van der Waals surface area (Å²) >= 11 is 0. The second-order valence-corrected chi connectivity index (χ2v) is 10.4. The Morgan fingerprint density at radius 3 is 2.00 bits per heavy atom. The minimum Gasteiger partial charge on any atom is -0.313 e.